The van der Waals surface area contributed by atoms with E-state index in [0.29, 0.717) is 17.6 Å². The summed E-state index contributed by atoms with van der Waals surface area (Å²) in [6, 6.07) is 7.23. The smallest absolute Gasteiger partial charge is 0.126 e. The summed E-state index contributed by atoms with van der Waals surface area (Å²) < 4.78 is 0. The van der Waals surface area contributed by atoms with E-state index in [-0.39, 0.29) is 0 Å². The Labute approximate surface area is 177 Å². The summed E-state index contributed by atoms with van der Waals surface area (Å²) in [4.78, 5) is 0. The highest BCUT2D eigenvalue weighted by molar-refractivity contribution is 5.80. The van der Waals surface area contributed by atoms with Gasteiger partial charge in [-0.15, -0.1) is 0 Å². The Hall–Kier alpha value is -1.76. The monoisotopic (exact) mass is 390 g/mol. The minimum atomic E-state index is 0.533. The van der Waals surface area contributed by atoms with E-state index in [2.05, 4.69) is 45.9 Å². The summed E-state index contributed by atoms with van der Waals surface area (Å²) in [7, 11) is 0. The van der Waals surface area contributed by atoms with Crippen LogP contribution >= 0.6 is 0 Å². The molecule has 0 aromatic heterocycles. The van der Waals surface area contributed by atoms with Gasteiger partial charge in [-0.1, -0.05) is 56.7 Å². The predicted molar refractivity (Wildman–Crippen MR) is 124 cm³/mol. The molecule has 1 N–H and O–H groups in total. The second-order valence-corrected chi connectivity index (χ2v) is 9.82. The zero-order valence-corrected chi connectivity index (χ0v) is 18.9. The molecule has 0 amide bonds. The van der Waals surface area contributed by atoms with Crippen molar-refractivity contribution in [2.75, 3.05) is 0 Å². The minimum Gasteiger partial charge on any atom is -0.507 e. The van der Waals surface area contributed by atoms with Crippen LogP contribution in [-0.2, 0) is 0 Å². The van der Waals surface area contributed by atoms with Crippen LogP contribution < -0.4 is 0 Å². The standard InChI is InChI=1S/C28H38O/c1-18-15-24(22-11-7-5-8-12-22)26(16-19(18)2)27-25(23-13-9-6-10-14-23)17-20(3)21(4)28(27)29/h15-17,22-23,29H,5-14H2,1-4H3. The lowest BCUT2D eigenvalue weighted by Crippen LogP contribution is -2.10. The van der Waals surface area contributed by atoms with Crippen molar-refractivity contribution in [1.29, 1.82) is 0 Å². The molecule has 156 valence electrons. The molecule has 1 nitrogen and oxygen atoms in total. The van der Waals surface area contributed by atoms with Gasteiger partial charge in [0.05, 0.1) is 0 Å². The number of benzene rings is 2. The maximum Gasteiger partial charge on any atom is 0.126 e. The van der Waals surface area contributed by atoms with E-state index in [1.807, 2.05) is 0 Å². The Morgan fingerprint density at radius 1 is 0.621 bits per heavy atom. The zero-order valence-electron chi connectivity index (χ0n) is 18.9. The van der Waals surface area contributed by atoms with E-state index in [1.165, 1.54) is 97.6 Å². The molecule has 0 radical (unpaired) electrons. The van der Waals surface area contributed by atoms with Gasteiger partial charge >= 0.3 is 0 Å². The van der Waals surface area contributed by atoms with Crippen LogP contribution in [0, 0.1) is 27.7 Å². The molecule has 2 aromatic carbocycles. The molecule has 0 spiro atoms. The van der Waals surface area contributed by atoms with E-state index in [4.69, 9.17) is 0 Å². The fourth-order valence-corrected chi connectivity index (χ4v) is 5.75. The highest BCUT2D eigenvalue weighted by Gasteiger charge is 2.27. The number of hydrogen-bond acceptors (Lipinski definition) is 1. The fourth-order valence-electron chi connectivity index (χ4n) is 5.75. The second kappa shape index (κ2) is 8.54. The predicted octanol–water partition coefficient (Wildman–Crippen LogP) is 8.39. The molecule has 2 aromatic rings. The van der Waals surface area contributed by atoms with Gasteiger partial charge < -0.3 is 5.11 Å². The Morgan fingerprint density at radius 2 is 1.10 bits per heavy atom. The third-order valence-electron chi connectivity index (χ3n) is 7.87. The first kappa shape index (κ1) is 20.5. The molecule has 2 fully saturated rings. The molecule has 0 unspecified atom stereocenters. The summed E-state index contributed by atoms with van der Waals surface area (Å²) in [6.07, 6.45) is 13.2. The molecule has 0 heterocycles. The molecule has 2 saturated carbocycles. The molecular weight excluding hydrogens is 352 g/mol. The Bertz CT molecular complexity index is 880. The van der Waals surface area contributed by atoms with Crippen molar-refractivity contribution in [1.82, 2.24) is 0 Å². The van der Waals surface area contributed by atoms with Gasteiger partial charge in [-0.2, -0.15) is 0 Å². The maximum atomic E-state index is 11.4. The first-order chi connectivity index (χ1) is 14.0. The number of aromatic hydroxyl groups is 1. The van der Waals surface area contributed by atoms with Gasteiger partial charge in [0.15, 0.2) is 0 Å². The van der Waals surface area contributed by atoms with E-state index < -0.39 is 0 Å². The van der Waals surface area contributed by atoms with Crippen molar-refractivity contribution in [2.45, 2.75) is 104 Å². The van der Waals surface area contributed by atoms with Crippen molar-refractivity contribution < 1.29 is 5.11 Å². The first-order valence-electron chi connectivity index (χ1n) is 11.9. The number of aryl methyl sites for hydroxylation is 3. The Morgan fingerprint density at radius 3 is 1.69 bits per heavy atom. The van der Waals surface area contributed by atoms with Crippen LogP contribution in [-0.4, -0.2) is 5.11 Å². The van der Waals surface area contributed by atoms with Crippen molar-refractivity contribution in [2.24, 2.45) is 0 Å². The number of phenols is 1. The zero-order chi connectivity index (χ0) is 20.5. The third kappa shape index (κ3) is 3.98. The van der Waals surface area contributed by atoms with Gasteiger partial charge in [0, 0.05) is 5.56 Å². The van der Waals surface area contributed by atoms with Crippen molar-refractivity contribution in [3.05, 3.63) is 51.6 Å². The molecule has 0 atom stereocenters. The second-order valence-electron chi connectivity index (χ2n) is 9.82. The molecule has 2 aliphatic carbocycles. The largest absolute Gasteiger partial charge is 0.507 e. The quantitative estimate of drug-likeness (QED) is 0.558. The minimum absolute atomic E-state index is 0.533. The average molecular weight is 391 g/mol. The van der Waals surface area contributed by atoms with Crippen molar-refractivity contribution >= 4 is 0 Å². The number of phenolic OH excluding ortho intramolecular Hbond substituents is 1. The molecule has 29 heavy (non-hydrogen) atoms. The summed E-state index contributed by atoms with van der Waals surface area (Å²) in [5.41, 5.74) is 10.4. The molecule has 0 aliphatic heterocycles. The summed E-state index contributed by atoms with van der Waals surface area (Å²) in [5.74, 6) is 1.76. The third-order valence-corrected chi connectivity index (χ3v) is 7.87. The number of hydrogen-bond donors (Lipinski definition) is 1. The van der Waals surface area contributed by atoms with Crippen LogP contribution in [0.4, 0.5) is 0 Å². The molecule has 1 heteroatoms. The summed E-state index contributed by atoms with van der Waals surface area (Å²) in [5, 5.41) is 11.4. The van der Waals surface area contributed by atoms with Crippen molar-refractivity contribution in [3.63, 3.8) is 0 Å². The highest BCUT2D eigenvalue weighted by atomic mass is 16.3. The lowest BCUT2D eigenvalue weighted by molar-refractivity contribution is 0.436. The van der Waals surface area contributed by atoms with Gasteiger partial charge in [0.2, 0.25) is 0 Å². The molecule has 4 rings (SSSR count). The van der Waals surface area contributed by atoms with Gasteiger partial charge in [-0.25, -0.2) is 0 Å². The SMILES string of the molecule is Cc1cc(-c2c(C3CCCCC3)cc(C)c(C)c2O)c(C2CCCCC2)cc1C. The average Bonchev–Trinajstić information content (AvgIpc) is 2.75. The summed E-state index contributed by atoms with van der Waals surface area (Å²) in [6.45, 7) is 8.71. The topological polar surface area (TPSA) is 20.2 Å². The van der Waals surface area contributed by atoms with Crippen LogP contribution in [0.2, 0.25) is 0 Å². The van der Waals surface area contributed by atoms with Crippen LogP contribution in [0.5, 0.6) is 5.75 Å². The van der Waals surface area contributed by atoms with E-state index in [1.54, 1.807) is 0 Å². The highest BCUT2D eigenvalue weighted by Crippen LogP contribution is 2.48. The van der Waals surface area contributed by atoms with Crippen LogP contribution in [0.1, 0.15) is 109 Å². The van der Waals surface area contributed by atoms with E-state index in [9.17, 15) is 5.11 Å². The molecular formula is C28H38O. The Balaban J connectivity index is 1.94. The normalized spacial score (nSPS) is 18.9. The Kier molecular flexibility index (Phi) is 6.04. The maximum absolute atomic E-state index is 11.4. The van der Waals surface area contributed by atoms with Gasteiger partial charge in [-0.05, 0) is 104 Å². The fraction of sp³-hybridized carbons (Fsp3) is 0.571. The van der Waals surface area contributed by atoms with Gasteiger partial charge in [-0.3, -0.25) is 0 Å². The van der Waals surface area contributed by atoms with E-state index >= 15 is 0 Å². The van der Waals surface area contributed by atoms with Crippen molar-refractivity contribution in [3.8, 4) is 16.9 Å². The number of rotatable bonds is 3. The molecule has 0 saturated heterocycles. The molecule has 0 bridgehead atoms. The molecule has 2 aliphatic rings. The van der Waals surface area contributed by atoms with Gasteiger partial charge in [0.25, 0.3) is 0 Å². The lowest BCUT2D eigenvalue weighted by atomic mass is 9.75. The van der Waals surface area contributed by atoms with Crippen LogP contribution in [0.25, 0.3) is 11.1 Å². The first-order valence-corrected chi connectivity index (χ1v) is 11.9. The van der Waals surface area contributed by atoms with Crippen LogP contribution in [0.3, 0.4) is 0 Å². The summed E-state index contributed by atoms with van der Waals surface area (Å²) >= 11 is 0. The van der Waals surface area contributed by atoms with E-state index in [0.717, 1.165) is 11.1 Å². The van der Waals surface area contributed by atoms with Crippen LogP contribution in [0.15, 0.2) is 18.2 Å². The lowest BCUT2D eigenvalue weighted by Gasteiger charge is -2.30. The van der Waals surface area contributed by atoms with Gasteiger partial charge in [0.1, 0.15) is 5.75 Å².